The number of aliphatic hydroxyl groups is 1. The lowest BCUT2D eigenvalue weighted by molar-refractivity contribution is -0.139. The van der Waals surface area contributed by atoms with Crippen molar-refractivity contribution in [3.63, 3.8) is 0 Å². The van der Waals surface area contributed by atoms with E-state index in [4.69, 9.17) is 4.74 Å². The van der Waals surface area contributed by atoms with Gasteiger partial charge in [0.2, 0.25) is 0 Å². The minimum atomic E-state index is -0.679. The molecule has 0 bridgehead atoms. The molecule has 1 atom stereocenters. The average molecular weight is 472 g/mol. The number of aliphatic hydroxyl groups excluding tert-OH is 1. The summed E-state index contributed by atoms with van der Waals surface area (Å²) in [5.74, 6) is -0.859. The Labute approximate surface area is 205 Å². The van der Waals surface area contributed by atoms with E-state index in [0.717, 1.165) is 17.5 Å². The second kappa shape index (κ2) is 10.9. The molecule has 4 rings (SSSR count). The first kappa shape index (κ1) is 24.0. The molecule has 7 heteroatoms. The SMILES string of the molecule is C=CCOc1ccc(C(O)=C2C(=O)C(=O)N(CCCn3ccnc3)[C@H]2c2ccc(CC)cc2)cc1. The molecule has 1 aliphatic rings. The molecule has 1 aromatic heterocycles. The van der Waals surface area contributed by atoms with Gasteiger partial charge in [-0.15, -0.1) is 0 Å². The standard InChI is InChI=1S/C28H29N3O4/c1-3-18-35-23-12-10-22(11-13-23)26(32)24-25(21-8-6-20(4-2)7-9-21)31(28(34)27(24)33)16-5-15-30-17-14-29-19-30/h3,6-14,17,19,25,32H,1,4-5,15-16,18H2,2H3/t25-/m0/s1. The van der Waals surface area contributed by atoms with E-state index in [-0.39, 0.29) is 11.3 Å². The molecule has 1 N–H and O–H groups in total. The minimum absolute atomic E-state index is 0.0987. The topological polar surface area (TPSA) is 84.7 Å². The number of nitrogens with zero attached hydrogens (tertiary/aromatic N) is 3. The molecule has 2 aromatic carbocycles. The Bertz CT molecular complexity index is 1210. The number of aromatic nitrogens is 2. The highest BCUT2D eigenvalue weighted by molar-refractivity contribution is 6.46. The Morgan fingerprint density at radius 1 is 1.11 bits per heavy atom. The highest BCUT2D eigenvalue weighted by Gasteiger charge is 2.45. The second-order valence-corrected chi connectivity index (χ2v) is 8.37. The molecular weight excluding hydrogens is 442 g/mol. The van der Waals surface area contributed by atoms with Crippen LogP contribution in [0.15, 0.2) is 85.5 Å². The summed E-state index contributed by atoms with van der Waals surface area (Å²) in [5, 5.41) is 11.2. The van der Waals surface area contributed by atoms with Gasteiger partial charge in [-0.2, -0.15) is 0 Å². The van der Waals surface area contributed by atoms with Crippen molar-refractivity contribution in [3.05, 3.63) is 102 Å². The molecule has 180 valence electrons. The van der Waals surface area contributed by atoms with Gasteiger partial charge < -0.3 is 19.3 Å². The van der Waals surface area contributed by atoms with Gasteiger partial charge >= 0.3 is 0 Å². The Morgan fingerprint density at radius 2 is 1.86 bits per heavy atom. The number of carbonyl (C=O) groups excluding carboxylic acids is 2. The normalized spacial score (nSPS) is 17.1. The summed E-state index contributed by atoms with van der Waals surface area (Å²) >= 11 is 0. The summed E-state index contributed by atoms with van der Waals surface area (Å²) in [5.41, 5.74) is 2.49. The van der Waals surface area contributed by atoms with Crippen molar-refractivity contribution in [2.45, 2.75) is 32.4 Å². The number of hydrogen-bond acceptors (Lipinski definition) is 5. The molecule has 3 aromatic rings. The van der Waals surface area contributed by atoms with Crippen LogP contribution < -0.4 is 4.74 Å². The molecule has 0 aliphatic carbocycles. The zero-order valence-corrected chi connectivity index (χ0v) is 19.8. The number of hydrogen-bond donors (Lipinski definition) is 1. The Balaban J connectivity index is 1.69. The van der Waals surface area contributed by atoms with Gasteiger partial charge in [-0.05, 0) is 48.2 Å². The van der Waals surface area contributed by atoms with Crippen LogP contribution >= 0.6 is 0 Å². The third-order valence-electron chi connectivity index (χ3n) is 6.11. The number of Topliss-reactive ketones (excluding diaryl/α,β-unsaturated/α-hetero) is 1. The van der Waals surface area contributed by atoms with Crippen LogP contribution in [0, 0.1) is 0 Å². The molecule has 7 nitrogen and oxygen atoms in total. The van der Waals surface area contributed by atoms with Crippen LogP contribution in [0.5, 0.6) is 5.75 Å². The smallest absolute Gasteiger partial charge is 0.295 e. The number of rotatable bonds is 10. The second-order valence-electron chi connectivity index (χ2n) is 8.37. The number of imidazole rings is 1. The predicted molar refractivity (Wildman–Crippen MR) is 134 cm³/mol. The fraction of sp³-hybridized carbons (Fsp3) is 0.250. The molecule has 1 saturated heterocycles. The van der Waals surface area contributed by atoms with Crippen molar-refractivity contribution in [1.29, 1.82) is 0 Å². The van der Waals surface area contributed by atoms with Crippen LogP contribution in [-0.2, 0) is 22.6 Å². The molecular formula is C28H29N3O4. The average Bonchev–Trinajstić information content (AvgIpc) is 3.50. The largest absolute Gasteiger partial charge is 0.507 e. The molecule has 2 heterocycles. The van der Waals surface area contributed by atoms with Gasteiger partial charge in [0.15, 0.2) is 0 Å². The molecule has 1 amide bonds. The lowest BCUT2D eigenvalue weighted by atomic mass is 9.94. The van der Waals surface area contributed by atoms with Crippen LogP contribution in [0.4, 0.5) is 0 Å². The maximum atomic E-state index is 13.2. The number of benzene rings is 2. The summed E-state index contributed by atoms with van der Waals surface area (Å²) in [7, 11) is 0. The third kappa shape index (κ3) is 5.19. The Morgan fingerprint density at radius 3 is 2.49 bits per heavy atom. The number of amides is 1. The maximum absolute atomic E-state index is 13.2. The molecule has 0 spiro atoms. The number of ether oxygens (including phenoxy) is 1. The Kier molecular flexibility index (Phi) is 7.45. The highest BCUT2D eigenvalue weighted by atomic mass is 16.5. The van der Waals surface area contributed by atoms with E-state index in [9.17, 15) is 14.7 Å². The zero-order chi connectivity index (χ0) is 24.8. The van der Waals surface area contributed by atoms with Gasteiger partial charge in [0.1, 0.15) is 18.1 Å². The quantitative estimate of drug-likeness (QED) is 0.203. The number of ketones is 1. The van der Waals surface area contributed by atoms with Crippen molar-refractivity contribution in [2.24, 2.45) is 0 Å². The van der Waals surface area contributed by atoms with E-state index >= 15 is 0 Å². The van der Waals surface area contributed by atoms with Crippen LogP contribution in [0.1, 0.15) is 36.1 Å². The summed E-state index contributed by atoms with van der Waals surface area (Å²) in [6.45, 7) is 7.09. The van der Waals surface area contributed by atoms with Crippen molar-refractivity contribution in [1.82, 2.24) is 14.5 Å². The summed E-state index contributed by atoms with van der Waals surface area (Å²) in [6, 6.07) is 14.0. The first-order chi connectivity index (χ1) is 17.0. The fourth-order valence-corrected chi connectivity index (χ4v) is 4.26. The summed E-state index contributed by atoms with van der Waals surface area (Å²) in [6.07, 6.45) is 8.45. The highest BCUT2D eigenvalue weighted by Crippen LogP contribution is 2.39. The fourth-order valence-electron chi connectivity index (χ4n) is 4.26. The van der Waals surface area contributed by atoms with Gasteiger partial charge in [-0.3, -0.25) is 9.59 Å². The molecule has 0 radical (unpaired) electrons. The Hall–Kier alpha value is -4.13. The van der Waals surface area contributed by atoms with Crippen LogP contribution in [0.3, 0.4) is 0 Å². The van der Waals surface area contributed by atoms with Gasteiger partial charge in [-0.25, -0.2) is 4.98 Å². The number of carbonyl (C=O) groups is 2. The van der Waals surface area contributed by atoms with E-state index < -0.39 is 17.7 Å². The van der Waals surface area contributed by atoms with Crippen LogP contribution in [0.2, 0.25) is 0 Å². The third-order valence-corrected chi connectivity index (χ3v) is 6.11. The molecule has 1 fully saturated rings. The molecule has 1 aliphatic heterocycles. The van der Waals surface area contributed by atoms with Gasteiger partial charge in [0, 0.05) is 31.0 Å². The number of likely N-dealkylation sites (tertiary alicyclic amines) is 1. The lowest BCUT2D eigenvalue weighted by Crippen LogP contribution is -2.31. The predicted octanol–water partition coefficient (Wildman–Crippen LogP) is 4.52. The monoisotopic (exact) mass is 471 g/mol. The number of aryl methyl sites for hydroxylation is 2. The van der Waals surface area contributed by atoms with E-state index in [1.807, 2.05) is 35.0 Å². The summed E-state index contributed by atoms with van der Waals surface area (Å²) in [4.78, 5) is 31.9. The molecule has 0 saturated carbocycles. The van der Waals surface area contributed by atoms with Crippen molar-refractivity contribution in [2.75, 3.05) is 13.2 Å². The van der Waals surface area contributed by atoms with Crippen molar-refractivity contribution < 1.29 is 19.4 Å². The first-order valence-corrected chi connectivity index (χ1v) is 11.7. The maximum Gasteiger partial charge on any atom is 0.295 e. The van der Waals surface area contributed by atoms with Crippen molar-refractivity contribution in [3.8, 4) is 5.75 Å². The zero-order valence-electron chi connectivity index (χ0n) is 19.8. The van der Waals surface area contributed by atoms with Crippen molar-refractivity contribution >= 4 is 17.4 Å². The minimum Gasteiger partial charge on any atom is -0.507 e. The lowest BCUT2D eigenvalue weighted by Gasteiger charge is -2.25. The summed E-state index contributed by atoms with van der Waals surface area (Å²) < 4.78 is 7.43. The van der Waals surface area contributed by atoms with Gasteiger partial charge in [0.05, 0.1) is 17.9 Å². The van der Waals surface area contributed by atoms with E-state index in [1.165, 1.54) is 0 Å². The van der Waals surface area contributed by atoms with E-state index in [0.29, 0.717) is 37.4 Å². The van der Waals surface area contributed by atoms with E-state index in [1.54, 1.807) is 47.8 Å². The van der Waals surface area contributed by atoms with Gasteiger partial charge in [0.25, 0.3) is 11.7 Å². The first-order valence-electron chi connectivity index (χ1n) is 11.7. The van der Waals surface area contributed by atoms with Crippen LogP contribution in [-0.4, -0.2) is 44.4 Å². The van der Waals surface area contributed by atoms with Crippen LogP contribution in [0.25, 0.3) is 5.76 Å². The van der Waals surface area contributed by atoms with E-state index in [2.05, 4.69) is 18.5 Å². The molecule has 0 unspecified atom stereocenters. The van der Waals surface area contributed by atoms with Gasteiger partial charge in [-0.1, -0.05) is 43.8 Å². The molecule has 35 heavy (non-hydrogen) atoms.